The van der Waals surface area contributed by atoms with Gasteiger partial charge in [-0.25, -0.2) is 13.1 Å². The van der Waals surface area contributed by atoms with Gasteiger partial charge >= 0.3 is 0 Å². The first kappa shape index (κ1) is 14.1. The van der Waals surface area contributed by atoms with Crippen LogP contribution in [0.1, 0.15) is 24.1 Å². The SMILES string of the molecule is CC(NS(=O)(=O)c1ccc2c(c1)CCO2)c1cnn(C)c1. The molecule has 0 amide bonds. The zero-order valence-corrected chi connectivity index (χ0v) is 12.7. The predicted molar refractivity (Wildman–Crippen MR) is 77.6 cm³/mol. The Balaban J connectivity index is 1.83. The second-order valence-electron chi connectivity index (χ2n) is 5.16. The van der Waals surface area contributed by atoms with Crippen LogP contribution >= 0.6 is 0 Å². The van der Waals surface area contributed by atoms with Crippen molar-refractivity contribution < 1.29 is 13.2 Å². The van der Waals surface area contributed by atoms with Crippen molar-refractivity contribution in [2.45, 2.75) is 24.3 Å². The summed E-state index contributed by atoms with van der Waals surface area (Å²) in [6.07, 6.45) is 4.20. The standard InChI is InChI=1S/C14H17N3O3S/c1-10(12-8-15-17(2)9-12)16-21(18,19)13-3-4-14-11(7-13)5-6-20-14/h3-4,7-10,16H,5-6H2,1-2H3. The number of nitrogens with one attached hydrogen (secondary N) is 1. The van der Waals surface area contributed by atoms with Gasteiger partial charge in [-0.15, -0.1) is 0 Å². The number of hydrogen-bond acceptors (Lipinski definition) is 4. The van der Waals surface area contributed by atoms with Crippen LogP contribution < -0.4 is 9.46 Å². The zero-order valence-electron chi connectivity index (χ0n) is 11.9. The van der Waals surface area contributed by atoms with Gasteiger partial charge < -0.3 is 4.74 Å². The molecule has 7 heteroatoms. The first-order valence-corrected chi connectivity index (χ1v) is 8.20. The molecule has 1 N–H and O–H groups in total. The van der Waals surface area contributed by atoms with Gasteiger partial charge in [0.1, 0.15) is 5.75 Å². The molecule has 6 nitrogen and oxygen atoms in total. The summed E-state index contributed by atoms with van der Waals surface area (Å²) in [7, 11) is -1.77. The van der Waals surface area contributed by atoms with Gasteiger partial charge in [0, 0.05) is 31.3 Å². The van der Waals surface area contributed by atoms with Crippen LogP contribution in [0.4, 0.5) is 0 Å². The van der Waals surface area contributed by atoms with E-state index in [1.54, 1.807) is 49.2 Å². The maximum atomic E-state index is 12.4. The van der Waals surface area contributed by atoms with Gasteiger partial charge in [0.15, 0.2) is 0 Å². The van der Waals surface area contributed by atoms with E-state index in [1.807, 2.05) is 0 Å². The maximum absolute atomic E-state index is 12.4. The Kier molecular flexibility index (Phi) is 3.46. The molecule has 0 aliphatic carbocycles. The van der Waals surface area contributed by atoms with E-state index in [2.05, 4.69) is 9.82 Å². The summed E-state index contributed by atoms with van der Waals surface area (Å²) in [6.45, 7) is 2.41. The number of fused-ring (bicyclic) bond motifs is 1. The summed E-state index contributed by atoms with van der Waals surface area (Å²) >= 11 is 0. The molecule has 3 rings (SSSR count). The van der Waals surface area contributed by atoms with E-state index in [4.69, 9.17) is 4.74 Å². The van der Waals surface area contributed by atoms with Crippen LogP contribution in [0.5, 0.6) is 5.75 Å². The van der Waals surface area contributed by atoms with Crippen molar-refractivity contribution >= 4 is 10.0 Å². The fourth-order valence-corrected chi connectivity index (χ4v) is 3.64. The van der Waals surface area contributed by atoms with Gasteiger partial charge in [-0.05, 0) is 30.7 Å². The van der Waals surface area contributed by atoms with E-state index < -0.39 is 10.0 Å². The van der Waals surface area contributed by atoms with Crippen LogP contribution in [0.25, 0.3) is 0 Å². The number of ether oxygens (including phenoxy) is 1. The van der Waals surface area contributed by atoms with Gasteiger partial charge in [-0.3, -0.25) is 4.68 Å². The molecule has 1 atom stereocenters. The van der Waals surface area contributed by atoms with Crippen LogP contribution in [-0.2, 0) is 23.5 Å². The predicted octanol–water partition coefficient (Wildman–Crippen LogP) is 1.39. The van der Waals surface area contributed by atoms with Crippen molar-refractivity contribution in [3.63, 3.8) is 0 Å². The molecular formula is C14H17N3O3S. The van der Waals surface area contributed by atoms with Crippen molar-refractivity contribution in [1.29, 1.82) is 0 Å². The molecule has 1 aromatic carbocycles. The lowest BCUT2D eigenvalue weighted by atomic mass is 10.2. The molecule has 1 unspecified atom stereocenters. The molecule has 2 heterocycles. The normalized spacial score (nSPS) is 15.5. The second kappa shape index (κ2) is 5.16. The highest BCUT2D eigenvalue weighted by Crippen LogP contribution is 2.28. The van der Waals surface area contributed by atoms with Gasteiger partial charge in [0.05, 0.1) is 17.7 Å². The summed E-state index contributed by atoms with van der Waals surface area (Å²) in [5, 5.41) is 4.05. The van der Waals surface area contributed by atoms with E-state index in [0.717, 1.165) is 23.3 Å². The Morgan fingerprint density at radius 1 is 1.43 bits per heavy atom. The minimum absolute atomic E-state index is 0.266. The van der Waals surface area contributed by atoms with Crippen molar-refractivity contribution in [1.82, 2.24) is 14.5 Å². The lowest BCUT2D eigenvalue weighted by Gasteiger charge is -2.13. The molecule has 0 bridgehead atoms. The Morgan fingerprint density at radius 2 is 2.24 bits per heavy atom. The van der Waals surface area contributed by atoms with Crippen molar-refractivity contribution in [2.24, 2.45) is 7.05 Å². The monoisotopic (exact) mass is 307 g/mol. The minimum Gasteiger partial charge on any atom is -0.493 e. The van der Waals surface area contributed by atoms with Crippen molar-refractivity contribution in [2.75, 3.05) is 6.61 Å². The third-order valence-electron chi connectivity index (χ3n) is 3.53. The number of benzene rings is 1. The molecule has 0 radical (unpaired) electrons. The van der Waals surface area contributed by atoms with Gasteiger partial charge in [-0.2, -0.15) is 5.10 Å². The number of sulfonamides is 1. The van der Waals surface area contributed by atoms with Crippen LogP contribution in [0.15, 0.2) is 35.5 Å². The maximum Gasteiger partial charge on any atom is 0.241 e. The minimum atomic E-state index is -3.56. The molecule has 21 heavy (non-hydrogen) atoms. The van der Waals surface area contributed by atoms with Crippen LogP contribution in [0.2, 0.25) is 0 Å². The third-order valence-corrected chi connectivity index (χ3v) is 5.07. The summed E-state index contributed by atoms with van der Waals surface area (Å²) in [5.41, 5.74) is 1.76. The topological polar surface area (TPSA) is 73.2 Å². The fourth-order valence-electron chi connectivity index (χ4n) is 2.36. The molecule has 2 aromatic rings. The number of nitrogens with zero attached hydrogens (tertiary/aromatic N) is 2. The Hall–Kier alpha value is -1.86. The number of aromatic nitrogens is 2. The Labute approximate surface area is 123 Å². The molecule has 0 spiro atoms. The van der Waals surface area contributed by atoms with E-state index in [0.29, 0.717) is 6.61 Å². The van der Waals surface area contributed by atoms with E-state index in [1.165, 1.54) is 0 Å². The third kappa shape index (κ3) is 2.79. The summed E-state index contributed by atoms with van der Waals surface area (Å²) in [6, 6.07) is 4.63. The lowest BCUT2D eigenvalue weighted by Crippen LogP contribution is -2.26. The molecule has 0 saturated heterocycles. The number of hydrogen-bond donors (Lipinski definition) is 1. The van der Waals surface area contributed by atoms with Crippen LogP contribution in [0, 0.1) is 0 Å². The molecule has 0 saturated carbocycles. The van der Waals surface area contributed by atoms with E-state index >= 15 is 0 Å². The first-order valence-electron chi connectivity index (χ1n) is 6.72. The van der Waals surface area contributed by atoms with Crippen molar-refractivity contribution in [3.05, 3.63) is 41.7 Å². The van der Waals surface area contributed by atoms with Gasteiger partial charge in [0.25, 0.3) is 0 Å². The average molecular weight is 307 g/mol. The molecule has 1 aromatic heterocycles. The second-order valence-corrected chi connectivity index (χ2v) is 6.87. The lowest BCUT2D eigenvalue weighted by molar-refractivity contribution is 0.356. The van der Waals surface area contributed by atoms with E-state index in [9.17, 15) is 8.42 Å². The number of aryl methyl sites for hydroxylation is 1. The summed E-state index contributed by atoms with van der Waals surface area (Å²) < 4.78 is 34.6. The van der Waals surface area contributed by atoms with Gasteiger partial charge in [-0.1, -0.05) is 0 Å². The number of rotatable bonds is 4. The van der Waals surface area contributed by atoms with Crippen LogP contribution in [0.3, 0.4) is 0 Å². The zero-order chi connectivity index (χ0) is 15.0. The molecule has 1 aliphatic heterocycles. The average Bonchev–Trinajstić information content (AvgIpc) is 3.05. The highest BCUT2D eigenvalue weighted by atomic mass is 32.2. The molecule has 1 aliphatic rings. The first-order chi connectivity index (χ1) is 9.95. The quantitative estimate of drug-likeness (QED) is 0.926. The highest BCUT2D eigenvalue weighted by Gasteiger charge is 2.22. The van der Waals surface area contributed by atoms with Gasteiger partial charge in [0.2, 0.25) is 10.0 Å². The fraction of sp³-hybridized carbons (Fsp3) is 0.357. The Bertz CT molecular complexity index is 768. The largest absolute Gasteiger partial charge is 0.493 e. The van der Waals surface area contributed by atoms with E-state index in [-0.39, 0.29) is 10.9 Å². The smallest absolute Gasteiger partial charge is 0.241 e. The molecule has 112 valence electrons. The van der Waals surface area contributed by atoms with Crippen LogP contribution in [-0.4, -0.2) is 24.8 Å². The molecular weight excluding hydrogens is 290 g/mol. The summed E-state index contributed by atoms with van der Waals surface area (Å²) in [5.74, 6) is 0.772. The van der Waals surface area contributed by atoms with Crippen molar-refractivity contribution in [3.8, 4) is 5.75 Å². The summed E-state index contributed by atoms with van der Waals surface area (Å²) in [4.78, 5) is 0.266. The molecule has 0 fully saturated rings. The highest BCUT2D eigenvalue weighted by molar-refractivity contribution is 7.89. The Morgan fingerprint density at radius 3 is 2.95 bits per heavy atom.